The summed E-state index contributed by atoms with van der Waals surface area (Å²) in [5.74, 6) is 0.322. The number of hydrogen-bond acceptors (Lipinski definition) is 3. The van der Waals surface area contributed by atoms with Crippen LogP contribution in [0, 0.1) is 0 Å². The Balaban J connectivity index is 2.76. The smallest absolute Gasteiger partial charge is 0.191 e. The summed E-state index contributed by atoms with van der Waals surface area (Å²) in [6, 6.07) is 6.84. The summed E-state index contributed by atoms with van der Waals surface area (Å²) in [7, 11) is 3.53. The van der Waals surface area contributed by atoms with Crippen LogP contribution in [0.3, 0.4) is 0 Å². The van der Waals surface area contributed by atoms with Gasteiger partial charge in [-0.25, -0.2) is 0 Å². The second-order valence-electron chi connectivity index (χ2n) is 3.41. The summed E-state index contributed by atoms with van der Waals surface area (Å²) >= 11 is 0. The van der Waals surface area contributed by atoms with Gasteiger partial charge in [0.1, 0.15) is 5.75 Å². The summed E-state index contributed by atoms with van der Waals surface area (Å²) < 4.78 is 0. The first kappa shape index (κ1) is 13.0. The second kappa shape index (κ2) is 6.48. The van der Waals surface area contributed by atoms with Crippen LogP contribution in [0.2, 0.25) is 0 Å². The van der Waals surface area contributed by atoms with Gasteiger partial charge in [-0.2, -0.15) is 0 Å². The lowest BCUT2D eigenvalue weighted by atomic mass is 9.63. The van der Waals surface area contributed by atoms with Gasteiger partial charge < -0.3 is 15.5 Å². The Hall–Kier alpha value is -2.10. The molecule has 0 amide bonds. The quantitative estimate of drug-likeness (QED) is 0.405. The van der Waals surface area contributed by atoms with Crippen LogP contribution in [-0.2, 0) is 0 Å². The Labute approximate surface area is 102 Å². The number of rotatable bonds is 5. The summed E-state index contributed by atoms with van der Waals surface area (Å²) in [6.45, 7) is 3.70. The number of benzene rings is 1. The first-order valence-corrected chi connectivity index (χ1v) is 5.20. The average Bonchev–Trinajstić information content (AvgIpc) is 2.36. The molecule has 1 aromatic carbocycles. The van der Waals surface area contributed by atoms with E-state index in [0.29, 0.717) is 0 Å². The van der Waals surface area contributed by atoms with Crippen molar-refractivity contribution in [3.63, 3.8) is 0 Å². The largest absolute Gasteiger partial charge is 0.508 e. The number of phenols is 1. The molecule has 0 unspecified atom stereocenters. The van der Waals surface area contributed by atoms with Crippen molar-refractivity contribution in [1.82, 2.24) is 5.32 Å². The van der Waals surface area contributed by atoms with Crippen LogP contribution in [0.25, 0.3) is 0 Å². The maximum Gasteiger partial charge on any atom is 0.191 e. The highest BCUT2D eigenvalue weighted by Crippen LogP contribution is 2.04. The number of hydrogen-bond donors (Lipinski definition) is 3. The maximum absolute atomic E-state index is 9.23. The predicted molar refractivity (Wildman–Crippen MR) is 71.5 cm³/mol. The normalized spacial score (nSPS) is 12.1. The van der Waals surface area contributed by atoms with Crippen LogP contribution >= 0.6 is 0 Å². The lowest BCUT2D eigenvalue weighted by Gasteiger charge is -2.01. The van der Waals surface area contributed by atoms with Crippen molar-refractivity contribution in [1.29, 1.82) is 0 Å². The van der Waals surface area contributed by atoms with E-state index in [1.54, 1.807) is 49.5 Å². The molecule has 1 aromatic rings. The molecule has 0 saturated heterocycles. The van der Waals surface area contributed by atoms with Gasteiger partial charge in [0, 0.05) is 7.05 Å². The fourth-order valence-electron chi connectivity index (χ4n) is 1.20. The molecule has 17 heavy (non-hydrogen) atoms. The molecule has 4 heteroatoms. The predicted octanol–water partition coefficient (Wildman–Crippen LogP) is 1.41. The van der Waals surface area contributed by atoms with Crippen molar-refractivity contribution in [2.75, 3.05) is 7.05 Å². The molecule has 0 aliphatic heterocycles. The van der Waals surface area contributed by atoms with E-state index in [1.807, 2.05) is 7.28 Å². The van der Waals surface area contributed by atoms with Gasteiger partial charge in [-0.3, -0.25) is 0 Å². The molecule has 1 radical (unpaired) electrons. The topological polar surface area (TPSA) is 52.5 Å². The van der Waals surface area contributed by atoms with Gasteiger partial charge in [0.05, 0.1) is 0 Å². The molecule has 0 heterocycles. The molecule has 3 nitrogen and oxygen atoms in total. The van der Waals surface area contributed by atoms with Crippen LogP contribution in [0.5, 0.6) is 5.75 Å². The maximum atomic E-state index is 9.23. The monoisotopic (exact) mass is 228 g/mol. The van der Waals surface area contributed by atoms with Crippen LogP contribution < -0.4 is 10.8 Å². The Bertz CT molecular complexity index is 435. The molecular formula is C13H15BNO2. The van der Waals surface area contributed by atoms with E-state index in [1.165, 1.54) is 0 Å². The highest BCUT2D eigenvalue weighted by molar-refractivity contribution is 6.61. The first-order chi connectivity index (χ1) is 8.15. The summed E-state index contributed by atoms with van der Waals surface area (Å²) in [4.78, 5) is 0. The molecule has 0 aliphatic carbocycles. The van der Waals surface area contributed by atoms with Crippen molar-refractivity contribution < 1.29 is 10.2 Å². The minimum atomic E-state index is 0.0865. The third kappa shape index (κ3) is 4.51. The highest BCUT2D eigenvalue weighted by atomic mass is 16.3. The lowest BCUT2D eigenvalue weighted by Crippen LogP contribution is -2.14. The number of aliphatic hydroxyl groups is 1. The molecule has 0 aromatic heterocycles. The Morgan fingerprint density at radius 2 is 1.94 bits per heavy atom. The standard InChI is InChI=1S/C13H15BNO2/c1-3-10(6-9-13(17)15-2)14-11-4-7-12(16)8-5-11/h3-9,15-17H,1H2,2H3/b10-6+,13-9+. The van der Waals surface area contributed by atoms with E-state index in [2.05, 4.69) is 11.9 Å². The highest BCUT2D eigenvalue weighted by Gasteiger charge is 1.98. The SMILES string of the molecule is C=C/C([B]c1ccc(O)cc1)=C\C=C(\O)NC. The molecule has 3 N–H and O–H groups in total. The van der Waals surface area contributed by atoms with E-state index >= 15 is 0 Å². The molecule has 0 aliphatic rings. The van der Waals surface area contributed by atoms with Crippen molar-refractivity contribution in [3.05, 3.63) is 60.4 Å². The number of aromatic hydroxyl groups is 1. The molecule has 87 valence electrons. The summed E-state index contributed by atoms with van der Waals surface area (Å²) in [5.41, 5.74) is 1.81. The number of phenolic OH excluding ortho intramolecular Hbond substituents is 1. The zero-order chi connectivity index (χ0) is 12.7. The molecule has 0 fully saturated rings. The van der Waals surface area contributed by atoms with E-state index < -0.39 is 0 Å². The Morgan fingerprint density at radius 1 is 1.29 bits per heavy atom. The molecular weight excluding hydrogens is 213 g/mol. The Kier molecular flexibility index (Phi) is 4.94. The zero-order valence-electron chi connectivity index (χ0n) is 9.72. The van der Waals surface area contributed by atoms with Crippen molar-refractivity contribution in [3.8, 4) is 5.75 Å². The van der Waals surface area contributed by atoms with Crippen LogP contribution in [0.4, 0.5) is 0 Å². The molecule has 0 atom stereocenters. The van der Waals surface area contributed by atoms with Gasteiger partial charge in [0.25, 0.3) is 0 Å². The molecule has 1 rings (SSSR count). The van der Waals surface area contributed by atoms with E-state index in [9.17, 15) is 5.11 Å². The van der Waals surface area contributed by atoms with E-state index in [4.69, 9.17) is 5.11 Å². The third-order valence-corrected chi connectivity index (χ3v) is 2.15. The van der Waals surface area contributed by atoms with Crippen LogP contribution in [0.15, 0.2) is 60.4 Å². The summed E-state index contributed by atoms with van der Waals surface area (Å²) in [5, 5.41) is 21.0. The average molecular weight is 228 g/mol. The van der Waals surface area contributed by atoms with Crippen molar-refractivity contribution in [2.24, 2.45) is 0 Å². The zero-order valence-corrected chi connectivity index (χ0v) is 9.72. The number of aliphatic hydroxyl groups excluding tert-OH is 1. The molecule has 0 bridgehead atoms. The molecule has 0 saturated carbocycles. The van der Waals surface area contributed by atoms with E-state index in [-0.39, 0.29) is 11.6 Å². The van der Waals surface area contributed by atoms with Crippen molar-refractivity contribution >= 4 is 12.7 Å². The van der Waals surface area contributed by atoms with Gasteiger partial charge in [-0.15, -0.1) is 0 Å². The van der Waals surface area contributed by atoms with Crippen LogP contribution in [-0.4, -0.2) is 24.5 Å². The van der Waals surface area contributed by atoms with Gasteiger partial charge in [0.15, 0.2) is 13.2 Å². The van der Waals surface area contributed by atoms with Gasteiger partial charge in [-0.1, -0.05) is 41.8 Å². The number of nitrogens with one attached hydrogen (secondary N) is 1. The second-order valence-corrected chi connectivity index (χ2v) is 3.41. The Morgan fingerprint density at radius 3 is 2.47 bits per heavy atom. The number of allylic oxidation sites excluding steroid dienone is 4. The van der Waals surface area contributed by atoms with Gasteiger partial charge >= 0.3 is 0 Å². The van der Waals surface area contributed by atoms with Crippen molar-refractivity contribution in [2.45, 2.75) is 0 Å². The third-order valence-electron chi connectivity index (χ3n) is 2.15. The van der Waals surface area contributed by atoms with Gasteiger partial charge in [0.2, 0.25) is 0 Å². The first-order valence-electron chi connectivity index (χ1n) is 5.20. The summed E-state index contributed by atoms with van der Waals surface area (Å²) in [6.07, 6.45) is 4.98. The lowest BCUT2D eigenvalue weighted by molar-refractivity contribution is 0.376. The minimum Gasteiger partial charge on any atom is -0.508 e. The minimum absolute atomic E-state index is 0.0865. The van der Waals surface area contributed by atoms with E-state index in [0.717, 1.165) is 10.9 Å². The fourth-order valence-corrected chi connectivity index (χ4v) is 1.20. The van der Waals surface area contributed by atoms with Crippen LogP contribution in [0.1, 0.15) is 0 Å². The molecule has 0 spiro atoms. The van der Waals surface area contributed by atoms with Gasteiger partial charge in [-0.05, 0) is 18.2 Å². The fraction of sp³-hybridized carbons (Fsp3) is 0.0769.